The van der Waals surface area contributed by atoms with Crippen LogP contribution in [0.2, 0.25) is 0 Å². The van der Waals surface area contributed by atoms with Gasteiger partial charge in [-0.1, -0.05) is 11.6 Å². The van der Waals surface area contributed by atoms with E-state index in [4.69, 9.17) is 40.2 Å². The highest BCUT2D eigenvalue weighted by atomic mass is 35.5. The normalized spacial score (nSPS) is 16.8. The van der Waals surface area contributed by atoms with Crippen LogP contribution in [0.15, 0.2) is 4.99 Å². The predicted octanol–water partition coefficient (Wildman–Crippen LogP) is 2.40. The quantitative estimate of drug-likeness (QED) is 0.421. The smallest absolute Gasteiger partial charge is 0.103 e. The van der Waals surface area contributed by atoms with Crippen molar-refractivity contribution in [3.8, 4) is 0 Å². The number of hydrogen-bond donors (Lipinski definition) is 2. The Morgan fingerprint density at radius 1 is 1.54 bits per heavy atom. The summed E-state index contributed by atoms with van der Waals surface area (Å²) >= 11 is 17.1. The molecule has 3 nitrogen and oxygen atoms in total. The van der Waals surface area contributed by atoms with Crippen LogP contribution < -0.4 is 5.32 Å². The van der Waals surface area contributed by atoms with E-state index in [-0.39, 0.29) is 11.0 Å². The van der Waals surface area contributed by atoms with Crippen LogP contribution >= 0.6 is 34.8 Å². The maximum Gasteiger partial charge on any atom is 0.103 e. The lowest BCUT2D eigenvalue weighted by Crippen LogP contribution is -2.33. The average Bonchev–Trinajstić information content (AvgIpc) is 2.01. The molecule has 0 rings (SSSR count). The van der Waals surface area contributed by atoms with Crippen LogP contribution in [0.3, 0.4) is 0 Å². The van der Waals surface area contributed by atoms with E-state index in [9.17, 15) is 0 Å². The van der Waals surface area contributed by atoms with Crippen molar-refractivity contribution >= 4 is 46.2 Å². The van der Waals surface area contributed by atoms with Crippen LogP contribution in [0.25, 0.3) is 0 Å². The number of aliphatic imine (C=N–C) groups is 1. The minimum atomic E-state index is -0.351. The molecule has 0 amide bonds. The summed E-state index contributed by atoms with van der Waals surface area (Å²) in [5, 5.41) is 10.1. The summed E-state index contributed by atoms with van der Waals surface area (Å²) in [7, 11) is 0. The van der Waals surface area contributed by atoms with Gasteiger partial charge in [-0.3, -0.25) is 10.3 Å². The van der Waals surface area contributed by atoms with E-state index in [1.165, 1.54) is 6.21 Å². The van der Waals surface area contributed by atoms with Crippen molar-refractivity contribution in [1.29, 1.82) is 5.41 Å². The first-order chi connectivity index (χ1) is 6.06. The molecule has 2 atom stereocenters. The van der Waals surface area contributed by atoms with Crippen LogP contribution in [0.5, 0.6) is 0 Å². The van der Waals surface area contributed by atoms with E-state index < -0.39 is 0 Å². The molecule has 0 fully saturated rings. The fourth-order valence-corrected chi connectivity index (χ4v) is 1.22. The highest BCUT2D eigenvalue weighted by molar-refractivity contribution is 6.64. The van der Waals surface area contributed by atoms with Gasteiger partial charge < -0.3 is 5.41 Å². The van der Waals surface area contributed by atoms with Crippen molar-refractivity contribution in [3.63, 3.8) is 0 Å². The number of nitrogens with zero attached hydrogens (tertiary/aromatic N) is 1. The van der Waals surface area contributed by atoms with Crippen LogP contribution in [-0.2, 0) is 0 Å². The lowest BCUT2D eigenvalue weighted by atomic mass is 10.4. The van der Waals surface area contributed by atoms with Gasteiger partial charge in [-0.15, -0.1) is 23.2 Å². The monoisotopic (exact) mass is 243 g/mol. The number of rotatable bonds is 6. The Kier molecular flexibility index (Phi) is 7.66. The summed E-state index contributed by atoms with van der Waals surface area (Å²) in [6.45, 7) is 2.05. The van der Waals surface area contributed by atoms with Crippen LogP contribution in [0, 0.1) is 5.41 Å². The zero-order valence-electron chi connectivity index (χ0n) is 7.23. The SMILES string of the molecule is CC(Cl)=NCC(Cl)NC(Cl)CC=N. The minimum Gasteiger partial charge on any atom is -0.313 e. The molecule has 2 unspecified atom stereocenters. The highest BCUT2D eigenvalue weighted by Gasteiger charge is 2.08. The lowest BCUT2D eigenvalue weighted by Gasteiger charge is -2.13. The fraction of sp³-hybridized carbons (Fsp3) is 0.714. The Morgan fingerprint density at radius 2 is 2.15 bits per heavy atom. The predicted molar refractivity (Wildman–Crippen MR) is 59.6 cm³/mol. The second kappa shape index (κ2) is 7.56. The first-order valence-corrected chi connectivity index (χ1v) is 5.01. The molecule has 0 heterocycles. The second-order valence-corrected chi connectivity index (χ2v) is 3.98. The maximum absolute atomic E-state index is 6.81. The first kappa shape index (κ1) is 13.2. The summed E-state index contributed by atoms with van der Waals surface area (Å²) in [5.74, 6) is 0. The van der Waals surface area contributed by atoms with Crippen molar-refractivity contribution in [2.75, 3.05) is 6.54 Å². The minimum absolute atomic E-state index is 0.328. The van der Waals surface area contributed by atoms with E-state index in [0.29, 0.717) is 18.1 Å². The van der Waals surface area contributed by atoms with E-state index in [0.717, 1.165) is 0 Å². The second-order valence-electron chi connectivity index (χ2n) is 2.38. The highest BCUT2D eigenvalue weighted by Crippen LogP contribution is 2.01. The van der Waals surface area contributed by atoms with Crippen molar-refractivity contribution in [2.24, 2.45) is 4.99 Å². The van der Waals surface area contributed by atoms with Gasteiger partial charge in [0, 0.05) is 6.42 Å². The Balaban J connectivity index is 3.66. The Labute approximate surface area is 93.0 Å². The summed E-state index contributed by atoms with van der Waals surface area (Å²) in [6, 6.07) is 0. The van der Waals surface area contributed by atoms with Gasteiger partial charge in [0.15, 0.2) is 0 Å². The van der Waals surface area contributed by atoms with Crippen molar-refractivity contribution < 1.29 is 0 Å². The Hall–Kier alpha value is 0.170. The zero-order valence-corrected chi connectivity index (χ0v) is 9.50. The van der Waals surface area contributed by atoms with Gasteiger partial charge in [-0.25, -0.2) is 0 Å². The molecule has 6 heteroatoms. The van der Waals surface area contributed by atoms with Gasteiger partial charge in [-0.05, 0) is 13.1 Å². The summed E-state index contributed by atoms with van der Waals surface area (Å²) < 4.78 is 0. The largest absolute Gasteiger partial charge is 0.313 e. The molecule has 0 spiro atoms. The van der Waals surface area contributed by atoms with E-state index in [1.54, 1.807) is 6.92 Å². The molecule has 0 aromatic rings. The lowest BCUT2D eigenvalue weighted by molar-refractivity contribution is 0.621. The molecule has 0 aliphatic carbocycles. The van der Waals surface area contributed by atoms with Crippen molar-refractivity contribution in [3.05, 3.63) is 0 Å². The molecule has 0 aliphatic rings. The topological polar surface area (TPSA) is 48.2 Å². The van der Waals surface area contributed by atoms with Gasteiger partial charge in [0.2, 0.25) is 0 Å². The maximum atomic E-state index is 6.81. The molecule has 13 heavy (non-hydrogen) atoms. The number of nitrogens with one attached hydrogen (secondary N) is 2. The third-order valence-corrected chi connectivity index (χ3v) is 1.84. The van der Waals surface area contributed by atoms with E-state index in [2.05, 4.69) is 10.3 Å². The number of halogens is 3. The molecular weight excluding hydrogens is 232 g/mol. The number of alkyl halides is 2. The van der Waals surface area contributed by atoms with Gasteiger partial charge in [0.25, 0.3) is 0 Å². The average molecular weight is 245 g/mol. The summed E-state index contributed by atoms with van der Waals surface area (Å²) in [4.78, 5) is 3.91. The molecule has 0 aromatic carbocycles. The van der Waals surface area contributed by atoms with Gasteiger partial charge in [0.1, 0.15) is 5.50 Å². The van der Waals surface area contributed by atoms with Crippen molar-refractivity contribution in [2.45, 2.75) is 24.3 Å². The molecule has 2 N–H and O–H groups in total. The number of hydrogen-bond acceptors (Lipinski definition) is 3. The fourth-order valence-electron chi connectivity index (χ4n) is 0.626. The molecule has 0 aliphatic heterocycles. The van der Waals surface area contributed by atoms with Gasteiger partial charge in [-0.2, -0.15) is 0 Å². The van der Waals surface area contributed by atoms with Gasteiger partial charge >= 0.3 is 0 Å². The molecule has 0 radical (unpaired) electrons. The zero-order chi connectivity index (χ0) is 10.3. The summed E-state index contributed by atoms with van der Waals surface area (Å²) in [6.07, 6.45) is 1.67. The van der Waals surface area contributed by atoms with Crippen LogP contribution in [0.4, 0.5) is 0 Å². The Morgan fingerprint density at radius 3 is 2.62 bits per heavy atom. The van der Waals surface area contributed by atoms with E-state index >= 15 is 0 Å². The van der Waals surface area contributed by atoms with Crippen molar-refractivity contribution in [1.82, 2.24) is 5.32 Å². The third kappa shape index (κ3) is 8.50. The molecule has 0 saturated heterocycles. The third-order valence-electron chi connectivity index (χ3n) is 1.16. The molecule has 76 valence electrons. The first-order valence-electron chi connectivity index (χ1n) is 3.76. The molecular formula is C7H12Cl3N3. The standard InChI is InChI=1S/C7H12Cl3N3/c1-5(8)12-4-7(10)13-6(9)2-3-11/h3,6-7,11,13H,2,4H2,1H3. The van der Waals surface area contributed by atoms with Crippen LogP contribution in [0.1, 0.15) is 13.3 Å². The molecule has 0 bridgehead atoms. The van der Waals surface area contributed by atoms with E-state index in [1.807, 2.05) is 0 Å². The molecule has 0 aromatic heterocycles. The van der Waals surface area contributed by atoms with Crippen LogP contribution in [-0.4, -0.2) is 28.9 Å². The summed E-state index contributed by atoms with van der Waals surface area (Å²) in [5.41, 5.74) is -0.679. The Bertz CT molecular complexity index is 180. The van der Waals surface area contributed by atoms with Gasteiger partial charge in [0.05, 0.1) is 17.2 Å². The molecule has 0 saturated carbocycles.